The lowest BCUT2D eigenvalue weighted by Crippen LogP contribution is -2.51. The number of hydrogen-bond acceptors (Lipinski definition) is 5. The van der Waals surface area contributed by atoms with Crippen LogP contribution >= 0.6 is 0 Å². The number of aliphatic imine (C=N–C) groups is 1. The second-order valence-corrected chi connectivity index (χ2v) is 4.29. The fourth-order valence-electron chi connectivity index (χ4n) is 1.86. The van der Waals surface area contributed by atoms with Gasteiger partial charge < -0.3 is 15.3 Å². The molecule has 0 unspecified atom stereocenters. The van der Waals surface area contributed by atoms with Gasteiger partial charge in [0.1, 0.15) is 0 Å². The van der Waals surface area contributed by atoms with Gasteiger partial charge in [-0.15, -0.1) is 0 Å². The monoisotopic (exact) mass is 245 g/mol. The Labute approximate surface area is 103 Å². The predicted octanol–water partition coefficient (Wildman–Crippen LogP) is 0.420. The van der Waals surface area contributed by atoms with Gasteiger partial charge in [-0.2, -0.15) is 4.99 Å². The average Bonchev–Trinajstić information content (AvgIpc) is 2.92. The van der Waals surface area contributed by atoms with Crippen molar-refractivity contribution in [1.29, 1.82) is 0 Å². The van der Waals surface area contributed by atoms with E-state index in [0.717, 1.165) is 5.56 Å². The molecule has 92 valence electrons. The van der Waals surface area contributed by atoms with Gasteiger partial charge in [0.15, 0.2) is 0 Å². The molecule has 1 aromatic rings. The summed E-state index contributed by atoms with van der Waals surface area (Å²) in [4.78, 5) is 20.6. The molecule has 0 aliphatic carbocycles. The number of nitrogens with two attached hydrogens (primary N) is 1. The van der Waals surface area contributed by atoms with E-state index >= 15 is 0 Å². The van der Waals surface area contributed by atoms with Crippen LogP contribution in [0.15, 0.2) is 40.5 Å². The molecule has 6 heteroatoms. The van der Waals surface area contributed by atoms with Crippen LogP contribution in [0.2, 0.25) is 0 Å². The molecular formula is C12H11N3O3. The highest BCUT2D eigenvalue weighted by Gasteiger charge is 2.55. The number of hydrogen-bond donors (Lipinski definition) is 1. The zero-order valence-corrected chi connectivity index (χ0v) is 9.66. The first-order valence-electron chi connectivity index (χ1n) is 5.48. The quantitative estimate of drug-likeness (QED) is 0.819. The Bertz CT molecular complexity index is 567. The van der Waals surface area contributed by atoms with Gasteiger partial charge in [0.05, 0.1) is 0 Å². The van der Waals surface area contributed by atoms with E-state index in [0.29, 0.717) is 11.7 Å². The van der Waals surface area contributed by atoms with Gasteiger partial charge in [0, 0.05) is 5.56 Å². The molecule has 0 fully saturated rings. The van der Waals surface area contributed by atoms with E-state index in [1.54, 1.807) is 6.92 Å². The van der Waals surface area contributed by atoms with Crippen LogP contribution in [0.1, 0.15) is 12.5 Å². The lowest BCUT2D eigenvalue weighted by molar-refractivity contribution is -0.145. The van der Waals surface area contributed by atoms with Crippen LogP contribution in [0.4, 0.5) is 0 Å². The first kappa shape index (κ1) is 10.8. The Morgan fingerprint density at radius 2 is 2.11 bits per heavy atom. The Kier molecular flexibility index (Phi) is 2.13. The normalized spacial score (nSPS) is 28.8. The molecule has 0 saturated heterocycles. The second-order valence-electron chi connectivity index (χ2n) is 4.29. The molecule has 3 rings (SSSR count). The van der Waals surface area contributed by atoms with Crippen LogP contribution in [0.5, 0.6) is 0 Å². The molecular weight excluding hydrogens is 234 g/mol. The fourth-order valence-corrected chi connectivity index (χ4v) is 1.86. The number of fused-ring (bicyclic) bond motifs is 1. The van der Waals surface area contributed by atoms with Gasteiger partial charge in [0.25, 0.3) is 11.5 Å². The maximum Gasteiger partial charge on any atom is 0.268 e. The molecule has 6 nitrogen and oxygen atoms in total. The van der Waals surface area contributed by atoms with Gasteiger partial charge in [-0.25, -0.2) is 0 Å². The van der Waals surface area contributed by atoms with E-state index in [9.17, 15) is 4.79 Å². The molecule has 0 bridgehead atoms. The minimum Gasteiger partial charge on any atom is -0.460 e. The molecule has 0 spiro atoms. The van der Waals surface area contributed by atoms with Gasteiger partial charge in [-0.05, 0) is 19.1 Å². The van der Waals surface area contributed by atoms with Crippen LogP contribution in [-0.2, 0) is 14.4 Å². The highest BCUT2D eigenvalue weighted by Crippen LogP contribution is 2.31. The molecule has 18 heavy (non-hydrogen) atoms. The lowest BCUT2D eigenvalue weighted by atomic mass is 9.98. The molecule has 2 heterocycles. The number of nitrogens with zero attached hydrogens (tertiary/aromatic N) is 2. The average molecular weight is 245 g/mol. The summed E-state index contributed by atoms with van der Waals surface area (Å²) in [6.07, 6.45) is -0.676. The molecule has 2 aliphatic rings. The number of rotatable bonds is 2. The van der Waals surface area contributed by atoms with E-state index in [2.05, 4.69) is 10.1 Å². The number of benzene rings is 1. The number of carbonyl (C=O) groups excluding carboxylic acids is 1. The predicted molar refractivity (Wildman–Crippen MR) is 64.0 cm³/mol. The fraction of sp³-hybridized carbons (Fsp3) is 0.250. The Morgan fingerprint density at radius 1 is 1.39 bits per heavy atom. The summed E-state index contributed by atoms with van der Waals surface area (Å²) in [5.74, 6) is 0.140. The van der Waals surface area contributed by atoms with E-state index in [1.165, 1.54) is 0 Å². The molecule has 1 aromatic carbocycles. The number of amides is 1. The van der Waals surface area contributed by atoms with Crippen LogP contribution in [0, 0.1) is 0 Å². The number of primary amides is 1. The standard InChI is InChI=1S/C12H11N3O3/c1-12(11(13)16)8-9(15-18-12)14-10(17-8)7-5-3-2-4-6-7/h2-6,8H,1H3,(H2,13,16)/t8-,12-/m1/s1. The molecule has 2 aliphatic heterocycles. The highest BCUT2D eigenvalue weighted by molar-refractivity contribution is 6.12. The summed E-state index contributed by atoms with van der Waals surface area (Å²) >= 11 is 0. The summed E-state index contributed by atoms with van der Waals surface area (Å²) < 4.78 is 5.64. The topological polar surface area (TPSA) is 86.3 Å². The number of oxime groups is 1. The highest BCUT2D eigenvalue weighted by atomic mass is 16.7. The maximum absolute atomic E-state index is 11.4. The van der Waals surface area contributed by atoms with Gasteiger partial charge >= 0.3 is 0 Å². The van der Waals surface area contributed by atoms with Crippen molar-refractivity contribution < 1.29 is 14.4 Å². The SMILES string of the molecule is C[C@@]1(C(N)=O)ON=C2N=C(c3ccccc3)O[C@H]21. The van der Waals surface area contributed by atoms with Gasteiger partial charge in [0.2, 0.25) is 17.8 Å². The van der Waals surface area contributed by atoms with E-state index in [1.807, 2.05) is 30.3 Å². The van der Waals surface area contributed by atoms with Gasteiger partial charge in [-0.1, -0.05) is 23.4 Å². The first-order valence-corrected chi connectivity index (χ1v) is 5.48. The van der Waals surface area contributed by atoms with Crippen molar-refractivity contribution in [3.63, 3.8) is 0 Å². The summed E-state index contributed by atoms with van der Waals surface area (Å²) in [7, 11) is 0. The number of carbonyl (C=O) groups is 1. The van der Waals surface area contributed by atoms with Crippen LogP contribution in [-0.4, -0.2) is 29.3 Å². The minimum atomic E-state index is -1.30. The van der Waals surface area contributed by atoms with E-state index in [4.69, 9.17) is 15.3 Å². The van der Waals surface area contributed by atoms with Crippen molar-refractivity contribution in [3.8, 4) is 0 Å². The Hall–Kier alpha value is -2.37. The van der Waals surface area contributed by atoms with Crippen molar-refractivity contribution in [2.24, 2.45) is 15.9 Å². The molecule has 0 radical (unpaired) electrons. The van der Waals surface area contributed by atoms with Gasteiger partial charge in [-0.3, -0.25) is 4.79 Å². The van der Waals surface area contributed by atoms with E-state index < -0.39 is 17.6 Å². The summed E-state index contributed by atoms with van der Waals surface area (Å²) in [5.41, 5.74) is 4.83. The third-order valence-corrected chi connectivity index (χ3v) is 3.02. The first-order chi connectivity index (χ1) is 8.61. The largest absolute Gasteiger partial charge is 0.460 e. The zero-order chi connectivity index (χ0) is 12.8. The van der Waals surface area contributed by atoms with Crippen LogP contribution in [0.25, 0.3) is 0 Å². The molecule has 1 amide bonds. The molecule has 0 aromatic heterocycles. The van der Waals surface area contributed by atoms with Crippen molar-refractivity contribution in [3.05, 3.63) is 35.9 Å². The van der Waals surface area contributed by atoms with Crippen LogP contribution in [0.3, 0.4) is 0 Å². The summed E-state index contributed by atoms with van der Waals surface area (Å²) in [6.45, 7) is 1.54. The third-order valence-electron chi connectivity index (χ3n) is 3.02. The Balaban J connectivity index is 1.92. The summed E-state index contributed by atoms with van der Waals surface area (Å²) in [5, 5.41) is 3.75. The minimum absolute atomic E-state index is 0.343. The smallest absolute Gasteiger partial charge is 0.268 e. The maximum atomic E-state index is 11.4. The van der Waals surface area contributed by atoms with Crippen molar-refractivity contribution in [2.45, 2.75) is 18.6 Å². The zero-order valence-electron chi connectivity index (χ0n) is 9.66. The number of amidine groups is 1. The van der Waals surface area contributed by atoms with Crippen LogP contribution < -0.4 is 5.73 Å². The van der Waals surface area contributed by atoms with Crippen molar-refractivity contribution in [1.82, 2.24) is 0 Å². The lowest BCUT2D eigenvalue weighted by Gasteiger charge is -2.22. The van der Waals surface area contributed by atoms with E-state index in [-0.39, 0.29) is 0 Å². The summed E-state index contributed by atoms with van der Waals surface area (Å²) in [6, 6.07) is 9.38. The Morgan fingerprint density at radius 3 is 2.78 bits per heavy atom. The molecule has 0 saturated carbocycles. The second kappa shape index (κ2) is 3.56. The number of ether oxygens (including phenoxy) is 1. The van der Waals surface area contributed by atoms with Crippen molar-refractivity contribution in [2.75, 3.05) is 0 Å². The third kappa shape index (κ3) is 1.38. The molecule has 2 atom stereocenters. The van der Waals surface area contributed by atoms with Crippen molar-refractivity contribution >= 4 is 17.6 Å². The molecule has 2 N–H and O–H groups in total.